The van der Waals surface area contributed by atoms with Crippen molar-refractivity contribution in [2.24, 2.45) is 7.05 Å². The van der Waals surface area contributed by atoms with Gasteiger partial charge in [0.05, 0.1) is 16.3 Å². The molecule has 0 amide bonds. The Bertz CT molecular complexity index is 1030. The van der Waals surface area contributed by atoms with E-state index in [0.29, 0.717) is 18.9 Å². The van der Waals surface area contributed by atoms with Crippen LogP contribution >= 0.6 is 0 Å². The van der Waals surface area contributed by atoms with Gasteiger partial charge in [0.1, 0.15) is 0 Å². The van der Waals surface area contributed by atoms with Gasteiger partial charge in [-0.05, 0) is 17.3 Å². The fourth-order valence-electron chi connectivity index (χ4n) is 2.44. The van der Waals surface area contributed by atoms with Gasteiger partial charge in [-0.15, -0.1) is 10.2 Å². The maximum atomic E-state index is 12.3. The van der Waals surface area contributed by atoms with Gasteiger partial charge in [0.25, 0.3) is 10.1 Å². The molecule has 0 spiro atoms. The van der Waals surface area contributed by atoms with E-state index in [1.807, 2.05) is 0 Å². The van der Waals surface area contributed by atoms with Crippen LogP contribution < -0.4 is 5.32 Å². The molecule has 2 aromatic heterocycles. The second-order valence-corrected chi connectivity index (χ2v) is 6.91. The molecule has 144 valence electrons. The molecule has 0 saturated carbocycles. The first-order chi connectivity index (χ1) is 12.8. The predicted molar refractivity (Wildman–Crippen MR) is 88.1 cm³/mol. The van der Waals surface area contributed by atoms with Crippen molar-refractivity contribution in [1.82, 2.24) is 35.1 Å². The Labute approximate surface area is 152 Å². The van der Waals surface area contributed by atoms with Crippen LogP contribution in [0.3, 0.4) is 0 Å². The molecule has 27 heavy (non-hydrogen) atoms. The lowest BCUT2D eigenvalue weighted by Gasteiger charge is -2.00. The van der Waals surface area contributed by atoms with E-state index in [-0.39, 0.29) is 15.5 Å². The average Bonchev–Trinajstić information content (AvgIpc) is 3.33. The molecule has 0 bridgehead atoms. The zero-order valence-corrected chi connectivity index (χ0v) is 14.8. The van der Waals surface area contributed by atoms with Crippen LogP contribution in [0.5, 0.6) is 0 Å². The number of hydrogen-bond acceptors (Lipinski definition) is 7. The third-order valence-electron chi connectivity index (χ3n) is 3.73. The third kappa shape index (κ3) is 4.15. The summed E-state index contributed by atoms with van der Waals surface area (Å²) in [6.07, 6.45) is 0. The Kier molecular flexibility index (Phi) is 5.25. The van der Waals surface area contributed by atoms with Crippen molar-refractivity contribution in [1.29, 1.82) is 0 Å². The highest BCUT2D eigenvalue weighted by Crippen LogP contribution is 2.21. The van der Waals surface area contributed by atoms with Crippen LogP contribution in [0, 0.1) is 0 Å². The van der Waals surface area contributed by atoms with Crippen molar-refractivity contribution in [3.8, 4) is 11.6 Å². The van der Waals surface area contributed by atoms with E-state index in [9.17, 15) is 17.2 Å². The van der Waals surface area contributed by atoms with E-state index in [1.165, 1.54) is 12.1 Å². The van der Waals surface area contributed by atoms with Crippen molar-refractivity contribution >= 4 is 10.1 Å². The van der Waals surface area contributed by atoms with E-state index in [0.717, 1.165) is 11.4 Å². The normalized spacial score (nSPS) is 13.4. The van der Waals surface area contributed by atoms with E-state index in [1.54, 1.807) is 29.8 Å². The zero-order valence-electron chi connectivity index (χ0n) is 14.0. The van der Waals surface area contributed by atoms with Crippen LogP contribution in [-0.2, 0) is 30.3 Å². The summed E-state index contributed by atoms with van der Waals surface area (Å²) in [4.78, 5) is 4.51. The van der Waals surface area contributed by atoms with E-state index < -0.39 is 16.7 Å². The molecule has 3 aromatic rings. The summed E-state index contributed by atoms with van der Waals surface area (Å²) >= 11 is 0. The maximum Gasteiger partial charge on any atom is 0.350 e. The number of alkyl halides is 2. The zero-order chi connectivity index (χ0) is 19.6. The average molecular weight is 399 g/mol. The van der Waals surface area contributed by atoms with Gasteiger partial charge in [0, 0.05) is 20.1 Å². The van der Waals surface area contributed by atoms with Crippen LogP contribution in [0.25, 0.3) is 11.6 Å². The quantitative estimate of drug-likeness (QED) is 0.625. The minimum atomic E-state index is -4.00. The molecule has 1 aliphatic rings. The minimum absolute atomic E-state index is 0.0741. The van der Waals surface area contributed by atoms with Gasteiger partial charge in [0.15, 0.2) is 5.82 Å². The van der Waals surface area contributed by atoms with E-state index >= 15 is 0 Å². The van der Waals surface area contributed by atoms with Crippen molar-refractivity contribution in [3.63, 3.8) is 0 Å². The SMILES string of the molecule is Cn1c(-c2nnn(C(F)F)n2)nc2c1CNC2.O=S(=O)(O)c1ccccc1. The molecule has 0 saturated heterocycles. The standard InChI is InChI=1S/C8H9F2N7.C6H6O3S/c1-16-5-3-11-2-4(5)12-7(16)6-13-15-17(14-6)8(9)10;7-10(8,9)6-4-2-1-3-5-6/h8,11H,2-3H2,1H3;1-5H,(H,7,8,9). The Balaban J connectivity index is 0.000000180. The number of aromatic nitrogens is 6. The molecular weight excluding hydrogens is 384 g/mol. The first kappa shape index (κ1) is 19.0. The molecule has 1 aliphatic heterocycles. The highest BCUT2D eigenvalue weighted by atomic mass is 32.2. The van der Waals surface area contributed by atoms with Gasteiger partial charge < -0.3 is 9.88 Å². The Morgan fingerprint density at radius 1 is 1.22 bits per heavy atom. The van der Waals surface area contributed by atoms with Crippen molar-refractivity contribution in [2.75, 3.05) is 0 Å². The molecule has 0 radical (unpaired) electrons. The number of rotatable bonds is 3. The van der Waals surface area contributed by atoms with Gasteiger partial charge in [-0.2, -0.15) is 17.2 Å². The third-order valence-corrected chi connectivity index (χ3v) is 4.59. The van der Waals surface area contributed by atoms with Crippen LogP contribution in [0.15, 0.2) is 35.2 Å². The molecule has 3 heterocycles. The second kappa shape index (κ2) is 7.46. The number of halogens is 2. The molecular formula is C14H15F2N7O3S. The van der Waals surface area contributed by atoms with Gasteiger partial charge in [0.2, 0.25) is 5.82 Å². The van der Waals surface area contributed by atoms with Gasteiger partial charge in [-0.25, -0.2) is 4.98 Å². The topological polar surface area (TPSA) is 128 Å². The highest BCUT2D eigenvalue weighted by Gasteiger charge is 2.23. The summed E-state index contributed by atoms with van der Waals surface area (Å²) in [7, 11) is -2.20. The Morgan fingerprint density at radius 3 is 2.44 bits per heavy atom. The van der Waals surface area contributed by atoms with Crippen LogP contribution in [0.2, 0.25) is 0 Å². The molecule has 4 rings (SSSR count). The Morgan fingerprint density at radius 2 is 1.93 bits per heavy atom. The van der Waals surface area contributed by atoms with Gasteiger partial charge >= 0.3 is 6.55 Å². The van der Waals surface area contributed by atoms with Crippen LogP contribution in [0.4, 0.5) is 8.78 Å². The molecule has 10 nitrogen and oxygen atoms in total. The lowest BCUT2D eigenvalue weighted by molar-refractivity contribution is 0.0397. The Hall–Kier alpha value is -2.77. The predicted octanol–water partition coefficient (Wildman–Crippen LogP) is 1.01. The van der Waals surface area contributed by atoms with Crippen molar-refractivity contribution < 1.29 is 21.8 Å². The maximum absolute atomic E-state index is 12.3. The van der Waals surface area contributed by atoms with Crippen molar-refractivity contribution in [3.05, 3.63) is 41.7 Å². The number of imidazole rings is 1. The number of hydrogen-bond donors (Lipinski definition) is 2. The van der Waals surface area contributed by atoms with Crippen LogP contribution in [0.1, 0.15) is 17.9 Å². The number of tetrazole rings is 1. The molecule has 0 atom stereocenters. The highest BCUT2D eigenvalue weighted by molar-refractivity contribution is 7.85. The molecule has 13 heteroatoms. The van der Waals surface area contributed by atoms with Crippen LogP contribution in [-0.4, -0.2) is 42.7 Å². The largest absolute Gasteiger partial charge is 0.350 e. The monoisotopic (exact) mass is 399 g/mol. The van der Waals surface area contributed by atoms with E-state index in [2.05, 4.69) is 25.7 Å². The summed E-state index contributed by atoms with van der Waals surface area (Å²) in [5, 5.41) is 13.6. The van der Waals surface area contributed by atoms with Crippen molar-refractivity contribution in [2.45, 2.75) is 24.5 Å². The fraction of sp³-hybridized carbons (Fsp3) is 0.286. The van der Waals surface area contributed by atoms with Gasteiger partial charge in [-0.1, -0.05) is 23.0 Å². The minimum Gasteiger partial charge on any atom is -0.327 e. The summed E-state index contributed by atoms with van der Waals surface area (Å²) in [5.74, 6) is 0.575. The summed E-state index contributed by atoms with van der Waals surface area (Å²) in [5.41, 5.74) is 1.92. The number of nitrogens with zero attached hydrogens (tertiary/aromatic N) is 6. The lowest BCUT2D eigenvalue weighted by Crippen LogP contribution is -2.07. The first-order valence-electron chi connectivity index (χ1n) is 7.63. The lowest BCUT2D eigenvalue weighted by atomic mass is 10.4. The summed E-state index contributed by atoms with van der Waals surface area (Å²) in [6, 6.07) is 7.42. The molecule has 0 fully saturated rings. The summed E-state index contributed by atoms with van der Waals surface area (Å²) in [6.45, 7) is -1.40. The first-order valence-corrected chi connectivity index (χ1v) is 9.07. The number of fused-ring (bicyclic) bond motifs is 1. The smallest absolute Gasteiger partial charge is 0.327 e. The number of nitrogens with one attached hydrogen (secondary N) is 1. The van der Waals surface area contributed by atoms with E-state index in [4.69, 9.17) is 4.55 Å². The van der Waals surface area contributed by atoms with Gasteiger partial charge in [-0.3, -0.25) is 4.55 Å². The molecule has 0 aliphatic carbocycles. The second-order valence-electron chi connectivity index (χ2n) is 5.49. The molecule has 0 unspecified atom stereocenters. The molecule has 1 aromatic carbocycles. The fourth-order valence-corrected chi connectivity index (χ4v) is 2.94. The number of benzene rings is 1. The molecule has 2 N–H and O–H groups in total. The summed E-state index contributed by atoms with van der Waals surface area (Å²) < 4.78 is 55.7.